The van der Waals surface area contributed by atoms with Crippen LogP contribution in [0, 0.1) is 11.8 Å². The molecular formula is C16H25N. The first-order valence-corrected chi connectivity index (χ1v) is 6.94. The summed E-state index contributed by atoms with van der Waals surface area (Å²) in [5.74, 6) is 1.68. The van der Waals surface area contributed by atoms with Gasteiger partial charge in [-0.3, -0.25) is 0 Å². The second-order valence-electron chi connectivity index (χ2n) is 6.07. The van der Waals surface area contributed by atoms with Gasteiger partial charge in [0.2, 0.25) is 0 Å². The van der Waals surface area contributed by atoms with Crippen LogP contribution < -0.4 is 5.32 Å². The van der Waals surface area contributed by atoms with Crippen LogP contribution in [-0.2, 0) is 13.0 Å². The molecule has 2 rings (SSSR count). The summed E-state index contributed by atoms with van der Waals surface area (Å²) >= 11 is 0. The molecule has 0 amide bonds. The Bertz CT molecular complexity index is 333. The molecule has 1 heteroatoms. The van der Waals surface area contributed by atoms with Gasteiger partial charge in [-0.15, -0.1) is 0 Å². The van der Waals surface area contributed by atoms with Gasteiger partial charge in [0.05, 0.1) is 0 Å². The van der Waals surface area contributed by atoms with E-state index in [1.54, 1.807) is 0 Å². The first-order valence-electron chi connectivity index (χ1n) is 6.94. The molecule has 0 atom stereocenters. The largest absolute Gasteiger partial charge is 0.310 e. The quantitative estimate of drug-likeness (QED) is 0.813. The monoisotopic (exact) mass is 231 g/mol. The van der Waals surface area contributed by atoms with Crippen molar-refractivity contribution < 1.29 is 0 Å². The standard InChI is InChI=1S/C16H25N/c1-12(2)8-14-4-6-15(7-5-14)11-17-16-9-13(3)10-16/h4-7,12-13,16-17H,8-11H2,1-3H3. The number of benzene rings is 1. The minimum atomic E-state index is 0.746. The van der Waals surface area contributed by atoms with Gasteiger partial charge in [-0.25, -0.2) is 0 Å². The fraction of sp³-hybridized carbons (Fsp3) is 0.625. The average Bonchev–Trinajstić information content (AvgIpc) is 2.24. The minimum Gasteiger partial charge on any atom is -0.310 e. The second-order valence-corrected chi connectivity index (χ2v) is 6.07. The summed E-state index contributed by atoms with van der Waals surface area (Å²) in [6.45, 7) is 7.90. The Morgan fingerprint density at radius 1 is 1.12 bits per heavy atom. The van der Waals surface area contributed by atoms with Gasteiger partial charge < -0.3 is 5.32 Å². The highest BCUT2D eigenvalue weighted by molar-refractivity contribution is 5.22. The third-order valence-corrected chi connectivity index (χ3v) is 3.64. The van der Waals surface area contributed by atoms with E-state index in [9.17, 15) is 0 Å². The highest BCUT2D eigenvalue weighted by Gasteiger charge is 2.24. The van der Waals surface area contributed by atoms with Gasteiger partial charge in [-0.2, -0.15) is 0 Å². The molecule has 1 aromatic carbocycles. The lowest BCUT2D eigenvalue weighted by Crippen LogP contribution is -2.39. The summed E-state index contributed by atoms with van der Waals surface area (Å²) in [6, 6.07) is 9.86. The van der Waals surface area contributed by atoms with Crippen LogP contribution in [0.2, 0.25) is 0 Å². The molecule has 0 saturated heterocycles. The van der Waals surface area contributed by atoms with Crippen LogP contribution >= 0.6 is 0 Å². The number of rotatable bonds is 5. The minimum absolute atomic E-state index is 0.746. The molecule has 1 nitrogen and oxygen atoms in total. The molecular weight excluding hydrogens is 206 g/mol. The highest BCUT2D eigenvalue weighted by atomic mass is 14.9. The Kier molecular flexibility index (Phi) is 4.22. The van der Waals surface area contributed by atoms with Crippen molar-refractivity contribution in [3.8, 4) is 0 Å². The van der Waals surface area contributed by atoms with Gasteiger partial charge >= 0.3 is 0 Å². The highest BCUT2D eigenvalue weighted by Crippen LogP contribution is 2.26. The molecule has 17 heavy (non-hydrogen) atoms. The Balaban J connectivity index is 1.77. The predicted octanol–water partition coefficient (Wildman–Crippen LogP) is 3.77. The Morgan fingerprint density at radius 3 is 2.24 bits per heavy atom. The third-order valence-electron chi connectivity index (χ3n) is 3.64. The van der Waals surface area contributed by atoms with Gasteiger partial charge in [0.25, 0.3) is 0 Å². The van der Waals surface area contributed by atoms with Crippen LogP contribution in [0.1, 0.15) is 44.7 Å². The summed E-state index contributed by atoms with van der Waals surface area (Å²) in [6.07, 6.45) is 3.89. The maximum absolute atomic E-state index is 3.63. The van der Waals surface area contributed by atoms with Crippen molar-refractivity contribution in [2.45, 2.75) is 52.6 Å². The Labute approximate surface area is 106 Å². The molecule has 1 aromatic rings. The molecule has 94 valence electrons. The molecule has 1 saturated carbocycles. The smallest absolute Gasteiger partial charge is 0.0208 e. The van der Waals surface area contributed by atoms with Gasteiger partial charge in [-0.1, -0.05) is 45.0 Å². The maximum atomic E-state index is 3.63. The molecule has 0 aliphatic heterocycles. The molecule has 0 spiro atoms. The summed E-state index contributed by atoms with van der Waals surface area (Å²) in [5, 5.41) is 3.63. The average molecular weight is 231 g/mol. The molecule has 0 aromatic heterocycles. The van der Waals surface area contributed by atoms with Crippen LogP contribution in [0.3, 0.4) is 0 Å². The third kappa shape index (κ3) is 3.85. The number of hydrogen-bond acceptors (Lipinski definition) is 1. The van der Waals surface area contributed by atoms with Crippen LogP contribution in [0.25, 0.3) is 0 Å². The van der Waals surface area contributed by atoms with Crippen LogP contribution in [0.5, 0.6) is 0 Å². The molecule has 1 N–H and O–H groups in total. The fourth-order valence-electron chi connectivity index (χ4n) is 2.60. The zero-order valence-electron chi connectivity index (χ0n) is 11.4. The van der Waals surface area contributed by atoms with Crippen molar-refractivity contribution in [2.24, 2.45) is 11.8 Å². The molecule has 0 unspecified atom stereocenters. The first kappa shape index (κ1) is 12.6. The number of nitrogens with one attached hydrogen (secondary N) is 1. The van der Waals surface area contributed by atoms with E-state index in [-0.39, 0.29) is 0 Å². The summed E-state index contributed by atoms with van der Waals surface area (Å²) in [5.41, 5.74) is 2.87. The van der Waals surface area contributed by atoms with E-state index in [4.69, 9.17) is 0 Å². The second kappa shape index (κ2) is 5.68. The normalized spacial score (nSPS) is 23.8. The van der Waals surface area contributed by atoms with Crippen molar-refractivity contribution in [3.63, 3.8) is 0 Å². The number of hydrogen-bond donors (Lipinski definition) is 1. The first-order chi connectivity index (χ1) is 8.13. The maximum Gasteiger partial charge on any atom is 0.0208 e. The van der Waals surface area contributed by atoms with Crippen molar-refractivity contribution in [1.29, 1.82) is 0 Å². The summed E-state index contributed by atoms with van der Waals surface area (Å²) < 4.78 is 0. The van der Waals surface area contributed by atoms with E-state index in [0.717, 1.165) is 24.4 Å². The molecule has 1 fully saturated rings. The van der Waals surface area contributed by atoms with E-state index in [1.807, 2.05) is 0 Å². The van der Waals surface area contributed by atoms with Crippen LogP contribution in [0.4, 0.5) is 0 Å². The summed E-state index contributed by atoms with van der Waals surface area (Å²) in [4.78, 5) is 0. The topological polar surface area (TPSA) is 12.0 Å². The van der Waals surface area contributed by atoms with Crippen LogP contribution in [0.15, 0.2) is 24.3 Å². The lowest BCUT2D eigenvalue weighted by Gasteiger charge is -2.33. The van der Waals surface area contributed by atoms with E-state index < -0.39 is 0 Å². The lowest BCUT2D eigenvalue weighted by atomic mass is 9.82. The van der Waals surface area contributed by atoms with Crippen molar-refractivity contribution in [2.75, 3.05) is 0 Å². The molecule has 1 aliphatic carbocycles. The van der Waals surface area contributed by atoms with Gasteiger partial charge in [0, 0.05) is 12.6 Å². The molecule has 1 aliphatic rings. The Hall–Kier alpha value is -0.820. The lowest BCUT2D eigenvalue weighted by molar-refractivity contribution is 0.240. The van der Waals surface area contributed by atoms with Gasteiger partial charge in [0.1, 0.15) is 0 Å². The molecule has 0 radical (unpaired) electrons. The van der Waals surface area contributed by atoms with Crippen molar-refractivity contribution in [1.82, 2.24) is 5.32 Å². The van der Waals surface area contributed by atoms with Gasteiger partial charge in [-0.05, 0) is 42.2 Å². The zero-order chi connectivity index (χ0) is 12.3. The molecule has 0 bridgehead atoms. The van der Waals surface area contributed by atoms with E-state index in [2.05, 4.69) is 50.4 Å². The van der Waals surface area contributed by atoms with Crippen LogP contribution in [-0.4, -0.2) is 6.04 Å². The zero-order valence-corrected chi connectivity index (χ0v) is 11.4. The van der Waals surface area contributed by atoms with Gasteiger partial charge in [0.15, 0.2) is 0 Å². The Morgan fingerprint density at radius 2 is 1.71 bits per heavy atom. The van der Waals surface area contributed by atoms with E-state index in [1.165, 1.54) is 30.4 Å². The van der Waals surface area contributed by atoms with Crippen molar-refractivity contribution in [3.05, 3.63) is 35.4 Å². The fourth-order valence-corrected chi connectivity index (χ4v) is 2.60. The van der Waals surface area contributed by atoms with Crippen molar-refractivity contribution >= 4 is 0 Å². The molecule has 0 heterocycles. The van der Waals surface area contributed by atoms with E-state index in [0.29, 0.717) is 0 Å². The SMILES string of the molecule is CC(C)Cc1ccc(CNC2CC(C)C2)cc1. The van der Waals surface area contributed by atoms with E-state index >= 15 is 0 Å². The summed E-state index contributed by atoms with van der Waals surface area (Å²) in [7, 11) is 0. The predicted molar refractivity (Wildman–Crippen MR) is 74.0 cm³/mol.